The number of carbonyl (C=O) groups is 1. The molecule has 0 atom stereocenters. The maximum Gasteiger partial charge on any atom is 0.231 e. The van der Waals surface area contributed by atoms with E-state index in [0.29, 0.717) is 23.7 Å². The highest BCUT2D eigenvalue weighted by Crippen LogP contribution is 2.33. The lowest BCUT2D eigenvalue weighted by Gasteiger charge is -2.08. The minimum atomic E-state index is -0.0796. The van der Waals surface area contributed by atoms with Gasteiger partial charge in [-0.2, -0.15) is 0 Å². The van der Waals surface area contributed by atoms with Gasteiger partial charge in [-0.3, -0.25) is 4.79 Å². The summed E-state index contributed by atoms with van der Waals surface area (Å²) in [6.45, 7) is 4.67. The second-order valence-electron chi connectivity index (χ2n) is 5.33. The van der Waals surface area contributed by atoms with Gasteiger partial charge in [0.25, 0.3) is 0 Å². The lowest BCUT2D eigenvalue weighted by molar-refractivity contribution is 0.101. The molecule has 2 aromatic rings. The van der Waals surface area contributed by atoms with Crippen molar-refractivity contribution in [3.05, 3.63) is 64.9 Å². The Balaban J connectivity index is 1.93. The molecule has 0 aromatic heterocycles. The molecular formula is C19H18O3. The molecule has 0 bridgehead atoms. The van der Waals surface area contributed by atoms with Gasteiger partial charge in [0, 0.05) is 5.56 Å². The van der Waals surface area contributed by atoms with Crippen molar-refractivity contribution in [3.8, 4) is 11.5 Å². The molecule has 0 N–H and O–H groups in total. The predicted molar refractivity (Wildman–Crippen MR) is 86.3 cm³/mol. The van der Waals surface area contributed by atoms with E-state index in [9.17, 15) is 4.79 Å². The molecule has 2 aromatic carbocycles. The molecule has 1 aliphatic rings. The van der Waals surface area contributed by atoms with Crippen LogP contribution in [0, 0.1) is 6.92 Å². The average molecular weight is 294 g/mol. The van der Waals surface area contributed by atoms with Crippen molar-refractivity contribution < 1.29 is 14.3 Å². The van der Waals surface area contributed by atoms with Crippen molar-refractivity contribution >= 4 is 11.9 Å². The quantitative estimate of drug-likeness (QED) is 0.784. The summed E-state index contributed by atoms with van der Waals surface area (Å²) in [7, 11) is 0. The van der Waals surface area contributed by atoms with Crippen LogP contribution in [0.3, 0.4) is 0 Å². The summed E-state index contributed by atoms with van der Waals surface area (Å²) in [5, 5.41) is 0. The van der Waals surface area contributed by atoms with E-state index in [2.05, 4.69) is 6.92 Å². The number of para-hydroxylation sites is 1. The van der Waals surface area contributed by atoms with Gasteiger partial charge in [0.05, 0.1) is 12.2 Å². The number of allylic oxidation sites excluding steroid dienone is 1. The zero-order valence-electron chi connectivity index (χ0n) is 12.8. The predicted octanol–water partition coefficient (Wildman–Crippen LogP) is 4.40. The molecule has 0 radical (unpaired) electrons. The highest BCUT2D eigenvalue weighted by atomic mass is 16.5. The highest BCUT2D eigenvalue weighted by Gasteiger charge is 2.27. The fraction of sp³-hybridized carbons (Fsp3) is 0.211. The van der Waals surface area contributed by atoms with Gasteiger partial charge in [0.1, 0.15) is 11.5 Å². The maximum atomic E-state index is 12.4. The normalized spacial score (nSPS) is 14.8. The third-order valence-corrected chi connectivity index (χ3v) is 3.49. The molecule has 3 heteroatoms. The molecule has 1 heterocycles. The lowest BCUT2D eigenvalue weighted by atomic mass is 10.1. The first-order valence-corrected chi connectivity index (χ1v) is 7.46. The van der Waals surface area contributed by atoms with Crippen LogP contribution in [0.25, 0.3) is 6.08 Å². The van der Waals surface area contributed by atoms with Crippen LogP contribution < -0.4 is 9.47 Å². The fourth-order valence-corrected chi connectivity index (χ4v) is 2.39. The zero-order chi connectivity index (χ0) is 15.5. The molecule has 0 fully saturated rings. The largest absolute Gasteiger partial charge is 0.493 e. The van der Waals surface area contributed by atoms with Gasteiger partial charge in [-0.1, -0.05) is 36.8 Å². The molecule has 0 aliphatic carbocycles. The van der Waals surface area contributed by atoms with Gasteiger partial charge in [-0.05, 0) is 37.6 Å². The SMILES string of the molecule is CCCOc1ccccc1/C=C1\Oc2ccc(C)cc2C1=O. The van der Waals surface area contributed by atoms with Crippen molar-refractivity contribution in [2.24, 2.45) is 0 Å². The molecule has 0 amide bonds. The Morgan fingerprint density at radius 1 is 1.18 bits per heavy atom. The molecule has 3 nitrogen and oxygen atoms in total. The molecule has 0 unspecified atom stereocenters. The summed E-state index contributed by atoms with van der Waals surface area (Å²) < 4.78 is 11.4. The molecule has 22 heavy (non-hydrogen) atoms. The fourth-order valence-electron chi connectivity index (χ4n) is 2.39. The van der Waals surface area contributed by atoms with Gasteiger partial charge >= 0.3 is 0 Å². The second kappa shape index (κ2) is 6.06. The number of rotatable bonds is 4. The van der Waals surface area contributed by atoms with Crippen molar-refractivity contribution in [1.29, 1.82) is 0 Å². The van der Waals surface area contributed by atoms with E-state index in [1.807, 2.05) is 49.4 Å². The Bertz CT molecular complexity index is 744. The van der Waals surface area contributed by atoms with Crippen LogP contribution in [0.15, 0.2) is 48.2 Å². The minimum Gasteiger partial charge on any atom is -0.493 e. The molecule has 3 rings (SSSR count). The van der Waals surface area contributed by atoms with Crippen molar-refractivity contribution in [2.75, 3.05) is 6.61 Å². The number of Topliss-reactive ketones (excluding diaryl/α,β-unsaturated/α-hetero) is 1. The number of carbonyl (C=O) groups excluding carboxylic acids is 1. The molecule has 0 saturated heterocycles. The van der Waals surface area contributed by atoms with Crippen LogP contribution in [0.1, 0.15) is 34.8 Å². The van der Waals surface area contributed by atoms with Crippen molar-refractivity contribution in [2.45, 2.75) is 20.3 Å². The van der Waals surface area contributed by atoms with Crippen molar-refractivity contribution in [1.82, 2.24) is 0 Å². The molecule has 0 saturated carbocycles. The summed E-state index contributed by atoms with van der Waals surface area (Å²) in [5.41, 5.74) is 2.52. The number of benzene rings is 2. The van der Waals surface area contributed by atoms with Gasteiger partial charge in [0.15, 0.2) is 5.76 Å². The minimum absolute atomic E-state index is 0.0796. The van der Waals surface area contributed by atoms with Crippen molar-refractivity contribution in [3.63, 3.8) is 0 Å². The van der Waals surface area contributed by atoms with Gasteiger partial charge in [-0.25, -0.2) is 0 Å². The average Bonchev–Trinajstić information content (AvgIpc) is 2.83. The Hall–Kier alpha value is -2.55. The number of hydrogen-bond donors (Lipinski definition) is 0. The van der Waals surface area contributed by atoms with E-state index in [1.165, 1.54) is 0 Å². The van der Waals surface area contributed by atoms with Gasteiger partial charge in [-0.15, -0.1) is 0 Å². The van der Waals surface area contributed by atoms with E-state index in [-0.39, 0.29) is 5.78 Å². The summed E-state index contributed by atoms with van der Waals surface area (Å²) in [6, 6.07) is 13.3. The second-order valence-corrected chi connectivity index (χ2v) is 5.33. The monoisotopic (exact) mass is 294 g/mol. The Morgan fingerprint density at radius 3 is 2.82 bits per heavy atom. The number of aryl methyl sites for hydroxylation is 1. The summed E-state index contributed by atoms with van der Waals surface area (Å²) in [6.07, 6.45) is 2.69. The first-order chi connectivity index (χ1) is 10.7. The molecular weight excluding hydrogens is 276 g/mol. The van der Waals surface area contributed by atoms with Crippen LogP contribution in [-0.4, -0.2) is 12.4 Å². The summed E-state index contributed by atoms with van der Waals surface area (Å²) in [5.74, 6) is 1.64. The van der Waals surface area contributed by atoms with E-state index < -0.39 is 0 Å². The molecule has 0 spiro atoms. The van der Waals surface area contributed by atoms with Crippen LogP contribution >= 0.6 is 0 Å². The Labute approximate surface area is 130 Å². The number of hydrogen-bond acceptors (Lipinski definition) is 3. The van der Waals surface area contributed by atoms with Crippen LogP contribution in [0.4, 0.5) is 0 Å². The third-order valence-electron chi connectivity index (χ3n) is 3.49. The van der Waals surface area contributed by atoms with E-state index in [0.717, 1.165) is 23.3 Å². The lowest BCUT2D eigenvalue weighted by Crippen LogP contribution is -2.00. The first-order valence-electron chi connectivity index (χ1n) is 7.46. The number of ether oxygens (including phenoxy) is 2. The first kappa shape index (κ1) is 14.4. The highest BCUT2D eigenvalue weighted by molar-refractivity contribution is 6.14. The number of fused-ring (bicyclic) bond motifs is 1. The van der Waals surface area contributed by atoms with E-state index in [4.69, 9.17) is 9.47 Å². The molecule has 112 valence electrons. The zero-order valence-corrected chi connectivity index (χ0v) is 12.8. The summed E-state index contributed by atoms with van der Waals surface area (Å²) >= 11 is 0. The maximum absolute atomic E-state index is 12.4. The van der Waals surface area contributed by atoms with E-state index >= 15 is 0 Å². The van der Waals surface area contributed by atoms with Crippen LogP contribution in [-0.2, 0) is 0 Å². The van der Waals surface area contributed by atoms with Gasteiger partial charge < -0.3 is 9.47 Å². The Kier molecular flexibility index (Phi) is 3.96. The summed E-state index contributed by atoms with van der Waals surface area (Å²) in [4.78, 5) is 12.4. The topological polar surface area (TPSA) is 35.5 Å². The van der Waals surface area contributed by atoms with Crippen LogP contribution in [0.5, 0.6) is 11.5 Å². The smallest absolute Gasteiger partial charge is 0.231 e. The number of ketones is 1. The van der Waals surface area contributed by atoms with Crippen LogP contribution in [0.2, 0.25) is 0 Å². The third kappa shape index (κ3) is 2.75. The Morgan fingerprint density at radius 2 is 2.00 bits per heavy atom. The molecule has 1 aliphatic heterocycles. The standard InChI is InChI=1S/C19H18O3/c1-3-10-21-16-7-5-4-6-14(16)12-18-19(20)15-11-13(2)8-9-17(15)22-18/h4-9,11-12H,3,10H2,1-2H3/b18-12-. The van der Waals surface area contributed by atoms with E-state index in [1.54, 1.807) is 6.08 Å². The van der Waals surface area contributed by atoms with Gasteiger partial charge in [0.2, 0.25) is 5.78 Å².